The molecule has 0 aliphatic heterocycles. The molecule has 0 aliphatic rings. The van der Waals surface area contributed by atoms with Crippen molar-refractivity contribution in [3.8, 4) is 0 Å². The lowest BCUT2D eigenvalue weighted by Gasteiger charge is -2.24. The minimum absolute atomic E-state index is 0.413. The highest BCUT2D eigenvalue weighted by atomic mass is 16.6. The molecule has 0 saturated heterocycles. The quantitative estimate of drug-likeness (QED) is 0.786. The van der Waals surface area contributed by atoms with Crippen LogP contribution in [0, 0.1) is 0 Å². The number of aliphatic hydroxyl groups is 1. The lowest BCUT2D eigenvalue weighted by atomic mass is 10.1. The standard InChI is InChI=1S/C12H12N2O2/c1-16-12(15,10-6-2-4-8-13-10)11-7-3-5-9-14-11/h2-9,15H,1H3. The summed E-state index contributed by atoms with van der Waals surface area (Å²) in [6.45, 7) is 0. The van der Waals surface area contributed by atoms with E-state index in [1.54, 1.807) is 48.8 Å². The number of hydrogen-bond donors (Lipinski definition) is 1. The highest BCUT2D eigenvalue weighted by Crippen LogP contribution is 2.26. The largest absolute Gasteiger partial charge is 0.356 e. The van der Waals surface area contributed by atoms with Crippen LogP contribution in [0.1, 0.15) is 11.4 Å². The second kappa shape index (κ2) is 4.38. The van der Waals surface area contributed by atoms with Crippen LogP contribution in [-0.4, -0.2) is 22.2 Å². The molecule has 82 valence electrons. The Labute approximate surface area is 93.6 Å². The summed E-state index contributed by atoms with van der Waals surface area (Å²) >= 11 is 0. The Morgan fingerprint density at radius 1 is 1.00 bits per heavy atom. The number of rotatable bonds is 3. The van der Waals surface area contributed by atoms with Gasteiger partial charge in [-0.2, -0.15) is 0 Å². The highest BCUT2D eigenvalue weighted by molar-refractivity contribution is 5.23. The third-order valence-corrected chi connectivity index (χ3v) is 2.32. The first-order valence-corrected chi connectivity index (χ1v) is 4.88. The monoisotopic (exact) mass is 216 g/mol. The predicted octanol–water partition coefficient (Wildman–Crippen LogP) is 1.32. The van der Waals surface area contributed by atoms with E-state index < -0.39 is 5.79 Å². The molecule has 2 aromatic rings. The Hall–Kier alpha value is -1.78. The third kappa shape index (κ3) is 1.80. The predicted molar refractivity (Wildman–Crippen MR) is 58.5 cm³/mol. The van der Waals surface area contributed by atoms with Gasteiger partial charge in [0.1, 0.15) is 11.4 Å². The molecule has 2 heterocycles. The van der Waals surface area contributed by atoms with Gasteiger partial charge in [-0.15, -0.1) is 0 Å². The van der Waals surface area contributed by atoms with Crippen molar-refractivity contribution in [3.63, 3.8) is 0 Å². The van der Waals surface area contributed by atoms with Crippen LogP contribution < -0.4 is 0 Å². The number of methoxy groups -OCH3 is 1. The molecule has 0 saturated carbocycles. The smallest absolute Gasteiger partial charge is 0.254 e. The fourth-order valence-electron chi connectivity index (χ4n) is 1.47. The van der Waals surface area contributed by atoms with E-state index in [2.05, 4.69) is 9.97 Å². The van der Waals surface area contributed by atoms with E-state index >= 15 is 0 Å². The summed E-state index contributed by atoms with van der Waals surface area (Å²) in [4.78, 5) is 8.17. The van der Waals surface area contributed by atoms with Crippen LogP contribution in [0.2, 0.25) is 0 Å². The Morgan fingerprint density at radius 3 is 1.81 bits per heavy atom. The molecule has 0 aromatic carbocycles. The van der Waals surface area contributed by atoms with Gasteiger partial charge in [-0.05, 0) is 24.3 Å². The molecular weight excluding hydrogens is 204 g/mol. The maximum atomic E-state index is 10.4. The van der Waals surface area contributed by atoms with Crippen LogP contribution >= 0.6 is 0 Å². The highest BCUT2D eigenvalue weighted by Gasteiger charge is 2.34. The van der Waals surface area contributed by atoms with E-state index in [0.717, 1.165) is 0 Å². The van der Waals surface area contributed by atoms with Crippen LogP contribution in [0.25, 0.3) is 0 Å². The van der Waals surface area contributed by atoms with Gasteiger partial charge < -0.3 is 9.84 Å². The first kappa shape index (κ1) is 10.7. The molecule has 0 amide bonds. The van der Waals surface area contributed by atoms with E-state index in [9.17, 15) is 5.11 Å². The van der Waals surface area contributed by atoms with Crippen molar-refractivity contribution in [2.24, 2.45) is 0 Å². The van der Waals surface area contributed by atoms with Crippen molar-refractivity contribution in [3.05, 3.63) is 60.2 Å². The molecule has 0 atom stereocenters. The van der Waals surface area contributed by atoms with E-state index in [0.29, 0.717) is 11.4 Å². The van der Waals surface area contributed by atoms with E-state index in [1.165, 1.54) is 7.11 Å². The van der Waals surface area contributed by atoms with Crippen LogP contribution in [0.3, 0.4) is 0 Å². The number of aromatic nitrogens is 2. The zero-order valence-electron chi connectivity index (χ0n) is 8.87. The Balaban J connectivity index is 2.49. The molecular formula is C12H12N2O2. The van der Waals surface area contributed by atoms with Crippen molar-refractivity contribution < 1.29 is 9.84 Å². The topological polar surface area (TPSA) is 55.2 Å². The van der Waals surface area contributed by atoms with Crippen LogP contribution in [0.15, 0.2) is 48.8 Å². The molecule has 0 fully saturated rings. The summed E-state index contributed by atoms with van der Waals surface area (Å²) in [5.74, 6) is -1.59. The zero-order valence-corrected chi connectivity index (χ0v) is 8.87. The molecule has 2 rings (SSSR count). The second-order valence-corrected chi connectivity index (χ2v) is 3.28. The lowest BCUT2D eigenvalue weighted by molar-refractivity contribution is -0.165. The average molecular weight is 216 g/mol. The molecule has 1 N–H and O–H groups in total. The molecule has 0 radical (unpaired) electrons. The van der Waals surface area contributed by atoms with E-state index in [4.69, 9.17) is 4.74 Å². The fraction of sp³-hybridized carbons (Fsp3) is 0.167. The average Bonchev–Trinajstić information content (AvgIpc) is 2.40. The van der Waals surface area contributed by atoms with Crippen molar-refractivity contribution >= 4 is 0 Å². The fourth-order valence-corrected chi connectivity index (χ4v) is 1.47. The summed E-state index contributed by atoms with van der Waals surface area (Å²) in [5.41, 5.74) is 0.826. The SMILES string of the molecule is COC(O)(c1ccccn1)c1ccccn1. The molecule has 16 heavy (non-hydrogen) atoms. The van der Waals surface area contributed by atoms with Gasteiger partial charge in [0.05, 0.1) is 0 Å². The van der Waals surface area contributed by atoms with E-state index in [1.807, 2.05) is 0 Å². The maximum Gasteiger partial charge on any atom is 0.254 e. The van der Waals surface area contributed by atoms with Gasteiger partial charge >= 0.3 is 0 Å². The van der Waals surface area contributed by atoms with Gasteiger partial charge in [-0.3, -0.25) is 9.97 Å². The third-order valence-electron chi connectivity index (χ3n) is 2.32. The van der Waals surface area contributed by atoms with Crippen molar-refractivity contribution in [1.82, 2.24) is 9.97 Å². The molecule has 4 nitrogen and oxygen atoms in total. The van der Waals surface area contributed by atoms with Gasteiger partial charge in [0, 0.05) is 19.5 Å². The van der Waals surface area contributed by atoms with Gasteiger partial charge in [-0.25, -0.2) is 0 Å². The first-order chi connectivity index (χ1) is 7.77. The first-order valence-electron chi connectivity index (χ1n) is 4.88. The zero-order chi connectivity index (χ0) is 11.4. The number of nitrogens with zero attached hydrogens (tertiary/aromatic N) is 2. The van der Waals surface area contributed by atoms with Gasteiger partial charge in [0.2, 0.25) is 0 Å². The summed E-state index contributed by atoms with van der Waals surface area (Å²) in [6, 6.07) is 10.5. The minimum Gasteiger partial charge on any atom is -0.356 e. The Bertz CT molecular complexity index is 406. The minimum atomic E-state index is -1.59. The van der Waals surface area contributed by atoms with Crippen molar-refractivity contribution in [2.75, 3.05) is 7.11 Å². The van der Waals surface area contributed by atoms with Gasteiger partial charge in [-0.1, -0.05) is 12.1 Å². The number of pyridine rings is 2. The maximum absolute atomic E-state index is 10.4. The van der Waals surface area contributed by atoms with Crippen LogP contribution in [0.5, 0.6) is 0 Å². The van der Waals surface area contributed by atoms with Crippen LogP contribution in [-0.2, 0) is 10.5 Å². The van der Waals surface area contributed by atoms with Crippen LogP contribution in [0.4, 0.5) is 0 Å². The Kier molecular flexibility index (Phi) is 2.94. The molecule has 0 unspecified atom stereocenters. The summed E-state index contributed by atoms with van der Waals surface area (Å²) < 4.78 is 5.14. The van der Waals surface area contributed by atoms with Gasteiger partial charge in [0.15, 0.2) is 0 Å². The van der Waals surface area contributed by atoms with Gasteiger partial charge in [0.25, 0.3) is 5.79 Å². The Morgan fingerprint density at radius 2 is 1.50 bits per heavy atom. The summed E-state index contributed by atoms with van der Waals surface area (Å²) in [7, 11) is 1.42. The lowest BCUT2D eigenvalue weighted by Crippen LogP contribution is -2.31. The molecule has 0 aliphatic carbocycles. The summed E-state index contributed by atoms with van der Waals surface area (Å²) in [5, 5.41) is 10.4. The second-order valence-electron chi connectivity index (χ2n) is 3.28. The normalized spacial score (nSPS) is 11.4. The molecule has 0 spiro atoms. The number of hydrogen-bond acceptors (Lipinski definition) is 4. The number of ether oxygens (including phenoxy) is 1. The van der Waals surface area contributed by atoms with E-state index in [-0.39, 0.29) is 0 Å². The molecule has 4 heteroatoms. The summed E-state index contributed by atoms with van der Waals surface area (Å²) in [6.07, 6.45) is 3.20. The van der Waals surface area contributed by atoms with Crippen molar-refractivity contribution in [2.45, 2.75) is 5.79 Å². The molecule has 2 aromatic heterocycles. The van der Waals surface area contributed by atoms with Crippen molar-refractivity contribution in [1.29, 1.82) is 0 Å². The molecule has 0 bridgehead atoms.